The standard InChI is InChI=1S/C21H28ClN3O/c1-14(2)12-16-7-9-17(10-8-16)20(15(3)4)24-13-19(26)25-18-6-5-11-23-21(18)22/h5-11,14-15,20,24H,12-13H2,1-4H3,(H,25,26)/t20-/m0/s1. The van der Waals surface area contributed by atoms with Crippen molar-refractivity contribution in [3.8, 4) is 0 Å². The van der Waals surface area contributed by atoms with Crippen molar-refractivity contribution in [3.63, 3.8) is 0 Å². The highest BCUT2D eigenvalue weighted by molar-refractivity contribution is 6.32. The zero-order chi connectivity index (χ0) is 19.1. The number of nitrogens with one attached hydrogen (secondary N) is 2. The molecule has 1 aromatic carbocycles. The van der Waals surface area contributed by atoms with Crippen LogP contribution in [0.1, 0.15) is 44.9 Å². The minimum absolute atomic E-state index is 0.109. The van der Waals surface area contributed by atoms with Gasteiger partial charge in [-0.3, -0.25) is 4.79 Å². The molecule has 1 aromatic heterocycles. The molecule has 0 bridgehead atoms. The molecule has 0 spiro atoms. The van der Waals surface area contributed by atoms with Crippen LogP contribution in [0.3, 0.4) is 0 Å². The third-order valence-corrected chi connectivity index (χ3v) is 4.47. The molecule has 2 rings (SSSR count). The number of amides is 1. The predicted molar refractivity (Wildman–Crippen MR) is 108 cm³/mol. The van der Waals surface area contributed by atoms with Crippen LogP contribution < -0.4 is 10.6 Å². The Kier molecular flexibility index (Phi) is 7.61. The quantitative estimate of drug-likeness (QED) is 0.650. The van der Waals surface area contributed by atoms with E-state index in [1.807, 2.05) is 0 Å². The highest BCUT2D eigenvalue weighted by atomic mass is 35.5. The number of nitrogens with zero attached hydrogens (tertiary/aromatic N) is 1. The Hall–Kier alpha value is -1.91. The summed E-state index contributed by atoms with van der Waals surface area (Å²) in [7, 11) is 0. The van der Waals surface area contributed by atoms with Crippen LogP contribution in [0, 0.1) is 11.8 Å². The van der Waals surface area contributed by atoms with Crippen molar-refractivity contribution in [2.24, 2.45) is 11.8 Å². The van der Waals surface area contributed by atoms with Crippen molar-refractivity contribution in [2.75, 3.05) is 11.9 Å². The molecule has 1 heterocycles. The van der Waals surface area contributed by atoms with Gasteiger partial charge in [-0.1, -0.05) is 63.6 Å². The lowest BCUT2D eigenvalue weighted by Crippen LogP contribution is -2.33. The number of carbonyl (C=O) groups excluding carboxylic acids is 1. The maximum Gasteiger partial charge on any atom is 0.238 e. The molecule has 0 saturated carbocycles. The van der Waals surface area contributed by atoms with Gasteiger partial charge in [-0.15, -0.1) is 0 Å². The van der Waals surface area contributed by atoms with Crippen molar-refractivity contribution >= 4 is 23.2 Å². The molecule has 0 aliphatic heterocycles. The largest absolute Gasteiger partial charge is 0.322 e. The van der Waals surface area contributed by atoms with Crippen molar-refractivity contribution < 1.29 is 4.79 Å². The van der Waals surface area contributed by atoms with E-state index < -0.39 is 0 Å². The van der Waals surface area contributed by atoms with Crippen molar-refractivity contribution in [2.45, 2.75) is 40.2 Å². The number of hydrogen-bond donors (Lipinski definition) is 2. The highest BCUT2D eigenvalue weighted by Crippen LogP contribution is 2.23. The number of hydrogen-bond acceptors (Lipinski definition) is 3. The smallest absolute Gasteiger partial charge is 0.238 e. The van der Waals surface area contributed by atoms with Gasteiger partial charge in [0.25, 0.3) is 0 Å². The van der Waals surface area contributed by atoms with Gasteiger partial charge in [-0.05, 0) is 41.5 Å². The number of halogens is 1. The molecule has 0 aliphatic carbocycles. The molecule has 0 saturated heterocycles. The van der Waals surface area contributed by atoms with E-state index in [0.29, 0.717) is 22.7 Å². The zero-order valence-corrected chi connectivity index (χ0v) is 16.7. The molecule has 140 valence electrons. The first-order valence-electron chi connectivity index (χ1n) is 9.09. The van der Waals surface area contributed by atoms with Crippen LogP contribution in [0.4, 0.5) is 5.69 Å². The van der Waals surface area contributed by atoms with E-state index in [4.69, 9.17) is 11.6 Å². The van der Waals surface area contributed by atoms with E-state index in [1.165, 1.54) is 11.1 Å². The Morgan fingerprint density at radius 2 is 1.81 bits per heavy atom. The highest BCUT2D eigenvalue weighted by Gasteiger charge is 2.17. The van der Waals surface area contributed by atoms with Gasteiger partial charge in [-0.2, -0.15) is 0 Å². The Morgan fingerprint density at radius 1 is 1.12 bits per heavy atom. The Labute approximate surface area is 161 Å². The van der Waals surface area contributed by atoms with Crippen LogP contribution in [-0.2, 0) is 11.2 Å². The average molecular weight is 374 g/mol. The number of aromatic nitrogens is 1. The molecule has 1 amide bonds. The number of pyridine rings is 1. The SMILES string of the molecule is CC(C)Cc1ccc([C@@H](NCC(=O)Nc2cccnc2Cl)C(C)C)cc1. The molecule has 1 atom stereocenters. The lowest BCUT2D eigenvalue weighted by Gasteiger charge is -2.23. The summed E-state index contributed by atoms with van der Waals surface area (Å²) in [6.07, 6.45) is 2.67. The minimum Gasteiger partial charge on any atom is -0.322 e. The van der Waals surface area contributed by atoms with Crippen LogP contribution in [0.5, 0.6) is 0 Å². The van der Waals surface area contributed by atoms with Crippen LogP contribution in [0.25, 0.3) is 0 Å². The second-order valence-corrected chi connectivity index (χ2v) is 7.69. The van der Waals surface area contributed by atoms with Crippen LogP contribution in [0.2, 0.25) is 5.15 Å². The molecule has 0 fully saturated rings. The van der Waals surface area contributed by atoms with E-state index >= 15 is 0 Å². The summed E-state index contributed by atoms with van der Waals surface area (Å²) in [4.78, 5) is 16.2. The summed E-state index contributed by atoms with van der Waals surface area (Å²) < 4.78 is 0. The number of anilines is 1. The molecule has 5 heteroatoms. The van der Waals surface area contributed by atoms with Gasteiger partial charge in [0, 0.05) is 12.2 Å². The lowest BCUT2D eigenvalue weighted by molar-refractivity contribution is -0.115. The second-order valence-electron chi connectivity index (χ2n) is 7.33. The number of rotatable bonds is 8. The van der Waals surface area contributed by atoms with Crippen molar-refractivity contribution in [1.82, 2.24) is 10.3 Å². The first kappa shape index (κ1) is 20.4. The first-order valence-corrected chi connectivity index (χ1v) is 9.47. The van der Waals surface area contributed by atoms with Crippen molar-refractivity contribution in [1.29, 1.82) is 0 Å². The third kappa shape index (κ3) is 6.11. The van der Waals surface area contributed by atoms with Gasteiger partial charge < -0.3 is 10.6 Å². The minimum atomic E-state index is -0.137. The molecule has 4 nitrogen and oxygen atoms in total. The average Bonchev–Trinajstić information content (AvgIpc) is 2.58. The fourth-order valence-electron chi connectivity index (χ4n) is 2.95. The third-order valence-electron chi connectivity index (χ3n) is 4.17. The summed E-state index contributed by atoms with van der Waals surface area (Å²) in [6.45, 7) is 8.95. The lowest BCUT2D eigenvalue weighted by atomic mass is 9.94. The van der Waals surface area contributed by atoms with Gasteiger partial charge in [0.2, 0.25) is 5.91 Å². The maximum absolute atomic E-state index is 12.2. The molecule has 0 aliphatic rings. The normalized spacial score (nSPS) is 12.4. The molecular formula is C21H28ClN3O. The Bertz CT molecular complexity index is 713. The van der Waals surface area contributed by atoms with Crippen molar-refractivity contribution in [3.05, 3.63) is 58.9 Å². The Morgan fingerprint density at radius 3 is 2.38 bits per heavy atom. The fraction of sp³-hybridized carbons (Fsp3) is 0.429. The van der Waals surface area contributed by atoms with Crippen LogP contribution in [0.15, 0.2) is 42.6 Å². The zero-order valence-electron chi connectivity index (χ0n) is 15.9. The van der Waals surface area contributed by atoms with E-state index in [0.717, 1.165) is 6.42 Å². The van der Waals surface area contributed by atoms with Gasteiger partial charge in [0.05, 0.1) is 12.2 Å². The molecule has 0 radical (unpaired) electrons. The molecular weight excluding hydrogens is 346 g/mol. The molecule has 0 unspecified atom stereocenters. The van der Waals surface area contributed by atoms with Gasteiger partial charge >= 0.3 is 0 Å². The topological polar surface area (TPSA) is 54.0 Å². The summed E-state index contributed by atoms with van der Waals surface area (Å²) in [5.41, 5.74) is 3.06. The summed E-state index contributed by atoms with van der Waals surface area (Å²) in [5, 5.41) is 6.44. The summed E-state index contributed by atoms with van der Waals surface area (Å²) in [6, 6.07) is 12.3. The van der Waals surface area contributed by atoms with Gasteiger partial charge in [0.15, 0.2) is 5.15 Å². The van der Waals surface area contributed by atoms with Crippen LogP contribution in [-0.4, -0.2) is 17.4 Å². The summed E-state index contributed by atoms with van der Waals surface area (Å²) >= 11 is 5.98. The first-order chi connectivity index (χ1) is 12.4. The summed E-state index contributed by atoms with van der Waals surface area (Å²) in [5.74, 6) is 0.866. The monoisotopic (exact) mass is 373 g/mol. The number of carbonyl (C=O) groups is 1. The molecule has 2 N–H and O–H groups in total. The van der Waals surface area contributed by atoms with E-state index in [-0.39, 0.29) is 18.5 Å². The van der Waals surface area contributed by atoms with Gasteiger partial charge in [0.1, 0.15) is 0 Å². The number of benzene rings is 1. The molecule has 2 aromatic rings. The van der Waals surface area contributed by atoms with Crippen LogP contribution >= 0.6 is 11.6 Å². The van der Waals surface area contributed by atoms with E-state index in [1.54, 1.807) is 18.3 Å². The fourth-order valence-corrected chi connectivity index (χ4v) is 3.11. The van der Waals surface area contributed by atoms with E-state index in [2.05, 4.69) is 67.6 Å². The van der Waals surface area contributed by atoms with E-state index in [9.17, 15) is 4.79 Å². The molecule has 26 heavy (non-hydrogen) atoms. The van der Waals surface area contributed by atoms with Gasteiger partial charge in [-0.25, -0.2) is 4.98 Å². The Balaban J connectivity index is 1.97. The maximum atomic E-state index is 12.2. The second kappa shape index (κ2) is 9.70. The predicted octanol–water partition coefficient (Wildman–Crippen LogP) is 4.86.